The molecule has 0 N–H and O–H groups in total. The van der Waals surface area contributed by atoms with Gasteiger partial charge in [0, 0.05) is 6.07 Å². The fourth-order valence-electron chi connectivity index (χ4n) is 1.10. The number of esters is 1. The molecule has 0 radical (unpaired) electrons. The zero-order valence-corrected chi connectivity index (χ0v) is 9.34. The van der Waals surface area contributed by atoms with E-state index in [1.165, 1.54) is 6.07 Å². The van der Waals surface area contributed by atoms with E-state index in [2.05, 4.69) is 4.74 Å². The van der Waals surface area contributed by atoms with E-state index >= 15 is 0 Å². The molecule has 1 aromatic rings. The number of ether oxygens (including phenoxy) is 1. The predicted molar refractivity (Wildman–Crippen MR) is 56.2 cm³/mol. The smallest absolute Gasteiger partial charge is 0.338 e. The van der Waals surface area contributed by atoms with Crippen LogP contribution in [0.2, 0.25) is 0 Å². The van der Waals surface area contributed by atoms with Crippen molar-refractivity contribution in [3.63, 3.8) is 0 Å². The topological polar surface area (TPSA) is 69.4 Å². The molecular formula is C9H8FNO4S. The third-order valence-corrected chi connectivity index (χ3v) is 2.59. The minimum atomic E-state index is -0.940. The van der Waals surface area contributed by atoms with E-state index in [4.69, 9.17) is 0 Å². The van der Waals surface area contributed by atoms with Gasteiger partial charge >= 0.3 is 11.7 Å². The van der Waals surface area contributed by atoms with Crippen LogP contribution in [0, 0.1) is 15.9 Å². The molecule has 0 bridgehead atoms. The summed E-state index contributed by atoms with van der Waals surface area (Å²) in [6, 6.07) is 2.08. The molecule has 16 heavy (non-hydrogen) atoms. The van der Waals surface area contributed by atoms with Gasteiger partial charge in [0.1, 0.15) is 0 Å². The van der Waals surface area contributed by atoms with Crippen molar-refractivity contribution in [2.75, 3.05) is 13.4 Å². The second-order valence-electron chi connectivity index (χ2n) is 2.76. The van der Waals surface area contributed by atoms with E-state index < -0.39 is 22.4 Å². The molecule has 0 saturated carbocycles. The largest absolute Gasteiger partial charge is 0.465 e. The second-order valence-corrected chi connectivity index (χ2v) is 3.61. The molecule has 0 amide bonds. The zero-order chi connectivity index (χ0) is 12.3. The average molecular weight is 245 g/mol. The van der Waals surface area contributed by atoms with Crippen LogP contribution in [0.5, 0.6) is 0 Å². The van der Waals surface area contributed by atoms with Crippen LogP contribution in [-0.4, -0.2) is 24.3 Å². The van der Waals surface area contributed by atoms with Crippen LogP contribution in [0.1, 0.15) is 10.4 Å². The maximum absolute atomic E-state index is 13.5. The quantitative estimate of drug-likeness (QED) is 0.353. The summed E-state index contributed by atoms with van der Waals surface area (Å²) in [5, 5.41) is 10.6. The van der Waals surface area contributed by atoms with E-state index in [0.717, 1.165) is 24.9 Å². The molecule has 86 valence electrons. The Morgan fingerprint density at radius 1 is 1.56 bits per heavy atom. The minimum absolute atomic E-state index is 0.0367. The normalized spacial score (nSPS) is 9.94. The molecular weight excluding hydrogens is 237 g/mol. The molecule has 1 rings (SSSR count). The van der Waals surface area contributed by atoms with E-state index in [1.807, 2.05) is 0 Å². The first-order valence-electron chi connectivity index (χ1n) is 4.11. The Bertz CT molecular complexity index is 449. The fourth-order valence-corrected chi connectivity index (χ4v) is 1.63. The number of carbonyl (C=O) groups is 1. The van der Waals surface area contributed by atoms with Gasteiger partial charge in [0.05, 0.1) is 22.5 Å². The summed E-state index contributed by atoms with van der Waals surface area (Å²) >= 11 is 0.982. The Hall–Kier alpha value is -1.63. The molecule has 0 fully saturated rings. The van der Waals surface area contributed by atoms with Crippen LogP contribution in [0.4, 0.5) is 10.1 Å². The van der Waals surface area contributed by atoms with Crippen molar-refractivity contribution in [2.24, 2.45) is 0 Å². The lowest BCUT2D eigenvalue weighted by molar-refractivity contribution is -0.387. The average Bonchev–Trinajstić information content (AvgIpc) is 2.27. The third-order valence-electron chi connectivity index (χ3n) is 1.86. The van der Waals surface area contributed by atoms with Crippen molar-refractivity contribution >= 4 is 23.4 Å². The summed E-state index contributed by atoms with van der Waals surface area (Å²) in [7, 11) is 1.15. The Balaban J connectivity index is 3.40. The Morgan fingerprint density at radius 3 is 2.62 bits per heavy atom. The number of hydrogen-bond donors (Lipinski definition) is 0. The molecule has 0 aromatic heterocycles. The number of methoxy groups -OCH3 is 1. The number of benzene rings is 1. The molecule has 0 saturated heterocycles. The second kappa shape index (κ2) is 4.93. The van der Waals surface area contributed by atoms with E-state index in [0.29, 0.717) is 0 Å². The lowest BCUT2D eigenvalue weighted by Gasteiger charge is -2.04. The SMILES string of the molecule is COC(=O)c1cc(SC)c(F)c([N+](=O)[O-])c1. The van der Waals surface area contributed by atoms with Gasteiger partial charge in [0.25, 0.3) is 0 Å². The molecule has 0 heterocycles. The summed E-state index contributed by atoms with van der Waals surface area (Å²) in [4.78, 5) is 20.9. The maximum Gasteiger partial charge on any atom is 0.338 e. The highest BCUT2D eigenvalue weighted by Crippen LogP contribution is 2.29. The van der Waals surface area contributed by atoms with Crippen molar-refractivity contribution < 1.29 is 18.8 Å². The molecule has 0 spiro atoms. The monoisotopic (exact) mass is 245 g/mol. The van der Waals surface area contributed by atoms with Crippen molar-refractivity contribution in [3.05, 3.63) is 33.6 Å². The number of hydrogen-bond acceptors (Lipinski definition) is 5. The first kappa shape index (κ1) is 12.4. The van der Waals surface area contributed by atoms with Crippen LogP contribution in [0.3, 0.4) is 0 Å². The summed E-state index contributed by atoms with van der Waals surface area (Å²) < 4.78 is 17.9. The molecule has 1 aromatic carbocycles. The number of nitro groups is 1. The van der Waals surface area contributed by atoms with Gasteiger partial charge < -0.3 is 4.74 Å². The fraction of sp³-hybridized carbons (Fsp3) is 0.222. The molecule has 0 atom stereocenters. The van der Waals surface area contributed by atoms with E-state index in [9.17, 15) is 19.3 Å². The van der Waals surface area contributed by atoms with E-state index in [1.54, 1.807) is 6.26 Å². The van der Waals surface area contributed by atoms with Crippen molar-refractivity contribution in [2.45, 2.75) is 4.90 Å². The van der Waals surface area contributed by atoms with Crippen LogP contribution >= 0.6 is 11.8 Å². The number of nitrogens with zero attached hydrogens (tertiary/aromatic N) is 1. The summed E-state index contributed by atoms with van der Waals surface area (Å²) in [6.45, 7) is 0. The van der Waals surface area contributed by atoms with Gasteiger partial charge in [-0.3, -0.25) is 10.1 Å². The first-order chi connectivity index (χ1) is 7.51. The molecule has 7 heteroatoms. The van der Waals surface area contributed by atoms with E-state index in [-0.39, 0.29) is 10.5 Å². The molecule has 0 aliphatic heterocycles. The van der Waals surface area contributed by atoms with Gasteiger partial charge in [-0.1, -0.05) is 0 Å². The highest BCUT2D eigenvalue weighted by molar-refractivity contribution is 7.98. The highest BCUT2D eigenvalue weighted by atomic mass is 32.2. The Kier molecular flexibility index (Phi) is 3.83. The van der Waals surface area contributed by atoms with Crippen LogP contribution in [0.15, 0.2) is 17.0 Å². The third kappa shape index (κ3) is 2.30. The van der Waals surface area contributed by atoms with Crippen molar-refractivity contribution in [1.82, 2.24) is 0 Å². The van der Waals surface area contributed by atoms with Crippen LogP contribution in [-0.2, 0) is 4.74 Å². The first-order valence-corrected chi connectivity index (χ1v) is 5.34. The molecule has 0 aliphatic rings. The van der Waals surface area contributed by atoms with Crippen LogP contribution in [0.25, 0.3) is 0 Å². The Morgan fingerprint density at radius 2 is 2.19 bits per heavy atom. The van der Waals surface area contributed by atoms with Crippen molar-refractivity contribution in [3.8, 4) is 0 Å². The summed E-state index contributed by atoms with van der Waals surface area (Å²) in [5.74, 6) is -1.68. The van der Waals surface area contributed by atoms with Gasteiger partial charge in [-0.25, -0.2) is 4.79 Å². The lowest BCUT2D eigenvalue weighted by atomic mass is 10.2. The number of halogens is 1. The summed E-state index contributed by atoms with van der Waals surface area (Å²) in [5.41, 5.74) is -0.771. The van der Waals surface area contributed by atoms with Crippen molar-refractivity contribution in [1.29, 1.82) is 0 Å². The zero-order valence-electron chi connectivity index (χ0n) is 8.52. The summed E-state index contributed by atoms with van der Waals surface area (Å²) in [6.07, 6.45) is 1.56. The van der Waals surface area contributed by atoms with Crippen LogP contribution < -0.4 is 0 Å². The molecule has 0 aliphatic carbocycles. The van der Waals surface area contributed by atoms with Gasteiger partial charge in [0.15, 0.2) is 0 Å². The maximum atomic E-state index is 13.5. The minimum Gasteiger partial charge on any atom is -0.465 e. The van der Waals surface area contributed by atoms with Gasteiger partial charge in [-0.05, 0) is 12.3 Å². The van der Waals surface area contributed by atoms with Gasteiger partial charge in [-0.2, -0.15) is 4.39 Å². The number of rotatable bonds is 3. The number of nitro benzene ring substituents is 1. The highest BCUT2D eigenvalue weighted by Gasteiger charge is 2.22. The van der Waals surface area contributed by atoms with Gasteiger partial charge in [0.2, 0.25) is 5.82 Å². The lowest BCUT2D eigenvalue weighted by Crippen LogP contribution is -2.04. The number of carbonyl (C=O) groups excluding carboxylic acids is 1. The number of thioether (sulfide) groups is 1. The predicted octanol–water partition coefficient (Wildman–Crippen LogP) is 2.24. The standard InChI is InChI=1S/C9H8FNO4S/c1-15-9(12)5-3-6(11(13)14)8(10)7(4-5)16-2/h3-4H,1-2H3. The van der Waals surface area contributed by atoms with Gasteiger partial charge in [-0.15, -0.1) is 11.8 Å². The Labute approximate surface area is 94.7 Å². The molecule has 0 unspecified atom stereocenters. The molecule has 5 nitrogen and oxygen atoms in total.